The molecule has 0 aliphatic carbocycles. The predicted octanol–water partition coefficient (Wildman–Crippen LogP) is 4.16. The SMILES string of the molecule is COC(=O)c1c(N)c(C#N)cn1-c1ccccc1Oc1ccc(Cl)cc1. The van der Waals surface area contributed by atoms with E-state index in [1.165, 1.54) is 17.9 Å². The Morgan fingerprint density at radius 2 is 1.88 bits per heavy atom. The Labute approximate surface area is 154 Å². The Hall–Kier alpha value is -3.43. The number of anilines is 1. The van der Waals surface area contributed by atoms with Crippen LogP contribution in [0.2, 0.25) is 5.02 Å². The molecule has 3 aromatic rings. The molecule has 6 nitrogen and oxygen atoms in total. The van der Waals surface area contributed by atoms with Gasteiger partial charge in [-0.1, -0.05) is 23.7 Å². The van der Waals surface area contributed by atoms with Crippen molar-refractivity contribution >= 4 is 23.3 Å². The third-order valence-electron chi connectivity index (χ3n) is 3.71. The van der Waals surface area contributed by atoms with E-state index in [0.29, 0.717) is 22.2 Å². The van der Waals surface area contributed by atoms with Gasteiger partial charge < -0.3 is 19.8 Å². The van der Waals surface area contributed by atoms with E-state index < -0.39 is 5.97 Å². The van der Waals surface area contributed by atoms with Crippen LogP contribution in [-0.4, -0.2) is 17.6 Å². The van der Waals surface area contributed by atoms with Gasteiger partial charge in [0, 0.05) is 11.2 Å². The lowest BCUT2D eigenvalue weighted by atomic mass is 10.2. The van der Waals surface area contributed by atoms with Crippen molar-refractivity contribution in [3.8, 4) is 23.3 Å². The number of halogens is 1. The number of benzene rings is 2. The van der Waals surface area contributed by atoms with Crippen LogP contribution in [0.3, 0.4) is 0 Å². The summed E-state index contributed by atoms with van der Waals surface area (Å²) in [6, 6.07) is 15.9. The van der Waals surface area contributed by atoms with E-state index in [0.717, 1.165) is 0 Å². The van der Waals surface area contributed by atoms with Gasteiger partial charge in [-0.3, -0.25) is 0 Å². The van der Waals surface area contributed by atoms with E-state index in [2.05, 4.69) is 0 Å². The van der Waals surface area contributed by atoms with E-state index in [9.17, 15) is 10.1 Å². The molecule has 26 heavy (non-hydrogen) atoms. The largest absolute Gasteiger partial charge is 0.464 e. The zero-order valence-corrected chi connectivity index (χ0v) is 14.5. The Morgan fingerprint density at radius 3 is 2.54 bits per heavy atom. The summed E-state index contributed by atoms with van der Waals surface area (Å²) < 4.78 is 12.2. The second kappa shape index (κ2) is 7.21. The average Bonchev–Trinajstić information content (AvgIpc) is 2.99. The molecule has 2 aromatic carbocycles. The van der Waals surface area contributed by atoms with Gasteiger partial charge in [0.15, 0.2) is 11.4 Å². The highest BCUT2D eigenvalue weighted by molar-refractivity contribution is 6.30. The molecule has 130 valence electrons. The smallest absolute Gasteiger partial charge is 0.357 e. The van der Waals surface area contributed by atoms with Crippen LogP contribution in [0, 0.1) is 11.3 Å². The van der Waals surface area contributed by atoms with Gasteiger partial charge in [0.05, 0.1) is 24.0 Å². The number of carbonyl (C=O) groups is 1. The first-order chi connectivity index (χ1) is 12.5. The minimum absolute atomic E-state index is 0.0562. The summed E-state index contributed by atoms with van der Waals surface area (Å²) in [5, 5.41) is 9.84. The summed E-state index contributed by atoms with van der Waals surface area (Å²) in [6.07, 6.45) is 1.48. The second-order valence-corrected chi connectivity index (χ2v) is 5.74. The van der Waals surface area contributed by atoms with Crippen LogP contribution in [-0.2, 0) is 4.74 Å². The molecule has 0 aliphatic heterocycles. The lowest BCUT2D eigenvalue weighted by Crippen LogP contribution is -2.11. The van der Waals surface area contributed by atoms with Crippen molar-refractivity contribution in [2.75, 3.05) is 12.8 Å². The molecule has 0 spiro atoms. The summed E-state index contributed by atoms with van der Waals surface area (Å²) in [4.78, 5) is 12.2. The van der Waals surface area contributed by atoms with Crippen LogP contribution in [0.25, 0.3) is 5.69 Å². The topological polar surface area (TPSA) is 90.3 Å². The molecule has 0 amide bonds. The van der Waals surface area contributed by atoms with Gasteiger partial charge in [0.2, 0.25) is 0 Å². The molecule has 0 atom stereocenters. The highest BCUT2D eigenvalue weighted by atomic mass is 35.5. The van der Waals surface area contributed by atoms with Crippen LogP contribution in [0.5, 0.6) is 11.5 Å². The maximum atomic E-state index is 12.2. The predicted molar refractivity (Wildman–Crippen MR) is 97.8 cm³/mol. The lowest BCUT2D eigenvalue weighted by Gasteiger charge is -2.14. The van der Waals surface area contributed by atoms with Crippen LogP contribution >= 0.6 is 11.6 Å². The van der Waals surface area contributed by atoms with Crippen molar-refractivity contribution in [1.29, 1.82) is 5.26 Å². The van der Waals surface area contributed by atoms with Gasteiger partial charge in [-0.25, -0.2) is 4.79 Å². The highest BCUT2D eigenvalue weighted by Gasteiger charge is 2.23. The number of nitrogens with zero attached hydrogens (tertiary/aromatic N) is 2. The summed E-state index contributed by atoms with van der Waals surface area (Å²) in [7, 11) is 1.25. The maximum Gasteiger partial charge on any atom is 0.357 e. The first-order valence-electron chi connectivity index (χ1n) is 7.57. The average molecular weight is 368 g/mol. The molecule has 1 heterocycles. The Kier molecular flexibility index (Phi) is 4.83. The molecule has 3 rings (SSSR count). The van der Waals surface area contributed by atoms with Crippen molar-refractivity contribution in [3.63, 3.8) is 0 Å². The summed E-state index contributed by atoms with van der Waals surface area (Å²) in [5.74, 6) is 0.395. The van der Waals surface area contributed by atoms with Crippen molar-refractivity contribution in [2.24, 2.45) is 0 Å². The number of ether oxygens (including phenoxy) is 2. The summed E-state index contributed by atoms with van der Waals surface area (Å²) in [5.41, 5.74) is 6.78. The number of hydrogen-bond donors (Lipinski definition) is 1. The number of nitrogens with two attached hydrogens (primary N) is 1. The third kappa shape index (κ3) is 3.21. The fraction of sp³-hybridized carbons (Fsp3) is 0.0526. The molecule has 0 bridgehead atoms. The Balaban J connectivity index is 2.12. The minimum atomic E-state index is -0.648. The van der Waals surface area contributed by atoms with Crippen molar-refractivity contribution in [1.82, 2.24) is 4.57 Å². The van der Waals surface area contributed by atoms with E-state index in [4.69, 9.17) is 26.8 Å². The number of para-hydroxylation sites is 2. The number of nitriles is 1. The molecule has 0 saturated heterocycles. The maximum absolute atomic E-state index is 12.2. The molecule has 0 unspecified atom stereocenters. The molecule has 1 aromatic heterocycles. The fourth-order valence-corrected chi connectivity index (χ4v) is 2.60. The molecule has 2 N–H and O–H groups in total. The fourth-order valence-electron chi connectivity index (χ4n) is 2.48. The van der Waals surface area contributed by atoms with Crippen molar-refractivity contribution in [3.05, 3.63) is 71.0 Å². The van der Waals surface area contributed by atoms with Crippen LogP contribution in [0.4, 0.5) is 5.69 Å². The standard InChI is InChI=1S/C19H14ClN3O3/c1-25-19(24)18-17(22)12(10-21)11-23(18)15-4-2-3-5-16(15)26-14-8-6-13(20)7-9-14/h2-9,11H,22H2,1H3. The Bertz CT molecular complexity index is 1000. The van der Waals surface area contributed by atoms with Crippen LogP contribution in [0.1, 0.15) is 16.1 Å². The zero-order chi connectivity index (χ0) is 18.7. The van der Waals surface area contributed by atoms with Gasteiger partial charge in [-0.15, -0.1) is 0 Å². The highest BCUT2D eigenvalue weighted by Crippen LogP contribution is 2.32. The van der Waals surface area contributed by atoms with Gasteiger partial charge in [-0.05, 0) is 36.4 Å². The molecule has 0 radical (unpaired) electrons. The number of carbonyl (C=O) groups excluding carboxylic acids is 1. The van der Waals surface area contributed by atoms with E-state index >= 15 is 0 Å². The number of rotatable bonds is 4. The normalized spacial score (nSPS) is 10.2. The molecule has 0 aliphatic rings. The minimum Gasteiger partial charge on any atom is -0.464 e. The molecular weight excluding hydrogens is 354 g/mol. The molecular formula is C19H14ClN3O3. The van der Waals surface area contributed by atoms with Gasteiger partial charge >= 0.3 is 5.97 Å². The monoisotopic (exact) mass is 367 g/mol. The quantitative estimate of drug-likeness (QED) is 0.699. The van der Waals surface area contributed by atoms with Crippen LogP contribution in [0.15, 0.2) is 54.7 Å². The number of aromatic nitrogens is 1. The first kappa shape index (κ1) is 17.4. The number of methoxy groups -OCH3 is 1. The van der Waals surface area contributed by atoms with Gasteiger partial charge in [0.25, 0.3) is 0 Å². The lowest BCUT2D eigenvalue weighted by molar-refractivity contribution is 0.0593. The number of esters is 1. The second-order valence-electron chi connectivity index (χ2n) is 5.30. The van der Waals surface area contributed by atoms with E-state index in [1.54, 1.807) is 48.5 Å². The van der Waals surface area contributed by atoms with E-state index in [-0.39, 0.29) is 16.9 Å². The number of hydrogen-bond acceptors (Lipinski definition) is 5. The van der Waals surface area contributed by atoms with Crippen LogP contribution < -0.4 is 10.5 Å². The zero-order valence-electron chi connectivity index (χ0n) is 13.8. The Morgan fingerprint density at radius 1 is 1.19 bits per heavy atom. The molecule has 0 fully saturated rings. The third-order valence-corrected chi connectivity index (χ3v) is 3.96. The van der Waals surface area contributed by atoms with Crippen molar-refractivity contribution < 1.29 is 14.3 Å². The van der Waals surface area contributed by atoms with Gasteiger partial charge in [0.1, 0.15) is 11.8 Å². The van der Waals surface area contributed by atoms with Gasteiger partial charge in [-0.2, -0.15) is 5.26 Å². The summed E-state index contributed by atoms with van der Waals surface area (Å²) >= 11 is 5.89. The van der Waals surface area contributed by atoms with Crippen molar-refractivity contribution in [2.45, 2.75) is 0 Å². The number of nitrogen functional groups attached to an aromatic ring is 1. The summed E-state index contributed by atoms with van der Waals surface area (Å²) in [6.45, 7) is 0. The first-order valence-corrected chi connectivity index (χ1v) is 7.95. The molecule has 7 heteroatoms. The molecule has 0 saturated carbocycles. The van der Waals surface area contributed by atoms with E-state index in [1.807, 2.05) is 6.07 Å².